The molecule has 0 aromatic rings. The zero-order chi connectivity index (χ0) is 30.2. The molecule has 42 heavy (non-hydrogen) atoms. The number of amides is 1. The Bertz CT molecular complexity index is 1140. The Hall–Kier alpha value is -1.97. The Labute approximate surface area is 250 Å². The first-order chi connectivity index (χ1) is 19.7. The van der Waals surface area contributed by atoms with Gasteiger partial charge in [0.2, 0.25) is 0 Å². The molecule has 9 nitrogen and oxygen atoms in total. The average Bonchev–Trinajstić information content (AvgIpc) is 3.23. The number of hydrogen-bond acceptors (Lipinski definition) is 8. The van der Waals surface area contributed by atoms with E-state index in [0.29, 0.717) is 32.4 Å². The van der Waals surface area contributed by atoms with E-state index >= 15 is 0 Å². The van der Waals surface area contributed by atoms with Crippen molar-refractivity contribution in [3.63, 3.8) is 0 Å². The summed E-state index contributed by atoms with van der Waals surface area (Å²) in [6.07, 6.45) is 6.64. The zero-order valence-electron chi connectivity index (χ0n) is 26.0. The van der Waals surface area contributed by atoms with Crippen molar-refractivity contribution in [2.45, 2.75) is 103 Å². The van der Waals surface area contributed by atoms with Crippen molar-refractivity contribution in [1.29, 1.82) is 0 Å². The molecule has 0 spiro atoms. The summed E-state index contributed by atoms with van der Waals surface area (Å²) in [4.78, 5) is 43.1. The van der Waals surface area contributed by atoms with E-state index in [1.54, 1.807) is 0 Å². The molecule has 1 unspecified atom stereocenters. The van der Waals surface area contributed by atoms with Crippen LogP contribution in [0.4, 0.5) is 4.79 Å². The van der Waals surface area contributed by atoms with Crippen LogP contribution in [-0.4, -0.2) is 94.0 Å². The molecule has 0 radical (unpaired) electrons. The number of hydrogen-bond donors (Lipinski definition) is 2. The second kappa shape index (κ2) is 10.3. The number of cyclic esters (lactones) is 1. The van der Waals surface area contributed by atoms with E-state index in [1.807, 2.05) is 17.9 Å². The van der Waals surface area contributed by atoms with Gasteiger partial charge in [0.15, 0.2) is 5.78 Å². The number of aliphatic hydroxyl groups is 2. The minimum Gasteiger partial charge on any atom is -0.462 e. The van der Waals surface area contributed by atoms with Crippen LogP contribution in [-0.2, 0) is 19.1 Å². The summed E-state index contributed by atoms with van der Waals surface area (Å²) in [5.41, 5.74) is -2.55. The number of esters is 1. The summed E-state index contributed by atoms with van der Waals surface area (Å²) in [6, 6.07) is 0. The Morgan fingerprint density at radius 3 is 2.38 bits per heavy atom. The highest BCUT2D eigenvalue weighted by Crippen LogP contribution is 2.69. The Morgan fingerprint density at radius 2 is 1.74 bits per heavy atom. The molecular weight excluding hydrogens is 536 g/mol. The van der Waals surface area contributed by atoms with Gasteiger partial charge in [0, 0.05) is 49.6 Å². The van der Waals surface area contributed by atoms with Crippen molar-refractivity contribution >= 4 is 17.8 Å². The molecule has 2 heterocycles. The SMILES string of the molecule is CC(C)(C)N1CCN(C(=O)O[C@H]2CC[C@@]3(C)[C@H](CC[C@@H]4[C@@H]3[C@H](O)C(=O)[C@]3(C)[C@@H](C5C=CC(=O)OC5)CC[C@]43O)C2)CC1. The molecule has 2 N–H and O–H groups in total. The summed E-state index contributed by atoms with van der Waals surface area (Å²) < 4.78 is 11.4. The molecule has 0 aromatic carbocycles. The normalized spacial score (nSPS) is 46.0. The van der Waals surface area contributed by atoms with E-state index in [4.69, 9.17) is 9.47 Å². The third kappa shape index (κ3) is 4.47. The maximum atomic E-state index is 14.2. The topological polar surface area (TPSA) is 117 Å². The van der Waals surface area contributed by atoms with Crippen LogP contribution in [0, 0.1) is 40.4 Å². The van der Waals surface area contributed by atoms with Crippen LogP contribution >= 0.6 is 0 Å². The molecule has 2 aliphatic heterocycles. The molecule has 5 fully saturated rings. The lowest BCUT2D eigenvalue weighted by atomic mass is 9.42. The minimum atomic E-state index is -1.21. The minimum absolute atomic E-state index is 0.0828. The molecule has 0 bridgehead atoms. The van der Waals surface area contributed by atoms with Gasteiger partial charge in [0.1, 0.15) is 12.2 Å². The fraction of sp³-hybridized carbons (Fsp3) is 0.848. The van der Waals surface area contributed by atoms with Gasteiger partial charge in [0.05, 0.1) is 17.6 Å². The Kier molecular flexibility index (Phi) is 7.38. The number of fused-ring (bicyclic) bond motifs is 5. The first-order valence-corrected chi connectivity index (χ1v) is 16.2. The third-order valence-corrected chi connectivity index (χ3v) is 12.9. The van der Waals surface area contributed by atoms with Gasteiger partial charge in [0.25, 0.3) is 0 Å². The van der Waals surface area contributed by atoms with Crippen LogP contribution < -0.4 is 0 Å². The van der Waals surface area contributed by atoms with Crippen LogP contribution in [0.3, 0.4) is 0 Å². The van der Waals surface area contributed by atoms with Crippen LogP contribution in [0.2, 0.25) is 0 Å². The second-order valence-corrected chi connectivity index (χ2v) is 15.6. The highest BCUT2D eigenvalue weighted by Gasteiger charge is 2.74. The fourth-order valence-electron chi connectivity index (χ4n) is 10.3. The second-order valence-electron chi connectivity index (χ2n) is 15.6. The molecule has 6 rings (SSSR count). The van der Waals surface area contributed by atoms with Gasteiger partial charge in [-0.25, -0.2) is 9.59 Å². The van der Waals surface area contributed by atoms with Crippen LogP contribution in [0.5, 0.6) is 0 Å². The van der Waals surface area contributed by atoms with E-state index in [9.17, 15) is 24.6 Å². The van der Waals surface area contributed by atoms with E-state index in [0.717, 1.165) is 38.8 Å². The highest BCUT2D eigenvalue weighted by atomic mass is 16.6. The lowest BCUT2D eigenvalue weighted by Gasteiger charge is -2.64. The third-order valence-electron chi connectivity index (χ3n) is 12.9. The van der Waals surface area contributed by atoms with Crippen molar-refractivity contribution < 1.29 is 34.1 Å². The van der Waals surface area contributed by atoms with Crippen LogP contribution in [0.1, 0.15) is 79.6 Å². The van der Waals surface area contributed by atoms with Crippen molar-refractivity contribution in [3.8, 4) is 0 Å². The lowest BCUT2D eigenvalue weighted by Crippen LogP contribution is -2.71. The van der Waals surface area contributed by atoms with Crippen molar-refractivity contribution in [1.82, 2.24) is 9.80 Å². The maximum Gasteiger partial charge on any atom is 0.410 e. The first-order valence-electron chi connectivity index (χ1n) is 16.2. The van der Waals surface area contributed by atoms with Gasteiger partial charge >= 0.3 is 12.1 Å². The number of Topliss-reactive ketones (excluding diaryl/α,β-unsaturated/α-hetero) is 1. The molecule has 234 valence electrons. The molecular formula is C33H50N2O7. The average molecular weight is 587 g/mol. The number of ketones is 1. The number of carbonyl (C=O) groups is 3. The monoisotopic (exact) mass is 586 g/mol. The number of nitrogens with zero attached hydrogens (tertiary/aromatic N) is 2. The van der Waals surface area contributed by atoms with Crippen molar-refractivity contribution in [2.24, 2.45) is 40.4 Å². The van der Waals surface area contributed by atoms with E-state index < -0.39 is 17.1 Å². The van der Waals surface area contributed by atoms with Gasteiger partial charge < -0.3 is 24.6 Å². The van der Waals surface area contributed by atoms with Crippen molar-refractivity contribution in [3.05, 3.63) is 12.2 Å². The molecule has 6 aliphatic rings. The van der Waals surface area contributed by atoms with Crippen molar-refractivity contribution in [2.75, 3.05) is 32.8 Å². The molecule has 1 saturated heterocycles. The summed E-state index contributed by atoms with van der Waals surface area (Å²) in [5, 5.41) is 24.2. The number of ether oxygens (including phenoxy) is 2. The van der Waals surface area contributed by atoms with Gasteiger partial charge in [-0.15, -0.1) is 0 Å². The highest BCUT2D eigenvalue weighted by molar-refractivity contribution is 5.92. The molecule has 0 aromatic heterocycles. The lowest BCUT2D eigenvalue weighted by molar-refractivity contribution is -0.233. The number of piperazine rings is 1. The largest absolute Gasteiger partial charge is 0.462 e. The van der Waals surface area contributed by atoms with Gasteiger partial charge in [-0.3, -0.25) is 9.69 Å². The molecule has 9 heteroatoms. The quantitative estimate of drug-likeness (QED) is 0.472. The summed E-state index contributed by atoms with van der Waals surface area (Å²) in [5.74, 6) is -1.29. The van der Waals surface area contributed by atoms with Crippen LogP contribution in [0.15, 0.2) is 12.2 Å². The van der Waals surface area contributed by atoms with E-state index in [1.165, 1.54) is 6.08 Å². The maximum absolute atomic E-state index is 14.2. The summed E-state index contributed by atoms with van der Waals surface area (Å²) in [7, 11) is 0. The number of aliphatic hydroxyl groups excluding tert-OH is 1. The zero-order valence-corrected chi connectivity index (χ0v) is 26.0. The standard InChI is InChI=1S/C33H50N2O7/c1-30(2,3)35-16-14-34(15-17-35)29(39)42-22-10-12-31(4)21(18-22)7-8-24-26(31)27(37)28(38)32(5)23(11-13-33(24,32)40)20-6-9-25(36)41-19-20/h6,9,20-24,26-27,37,40H,7-8,10-19H2,1-5H3/t20?,21-,22+,23-,24-,26-,27+,31+,32+,33+/m1/s1. The van der Waals surface area contributed by atoms with E-state index in [2.05, 4.69) is 32.6 Å². The summed E-state index contributed by atoms with van der Waals surface area (Å²) >= 11 is 0. The van der Waals surface area contributed by atoms with Gasteiger partial charge in [-0.1, -0.05) is 13.0 Å². The Balaban J connectivity index is 1.15. The number of rotatable bonds is 2. The summed E-state index contributed by atoms with van der Waals surface area (Å²) in [6.45, 7) is 13.8. The molecule has 1 amide bonds. The predicted octanol–water partition coefficient (Wildman–Crippen LogP) is 3.56. The van der Waals surface area contributed by atoms with Crippen LogP contribution in [0.25, 0.3) is 0 Å². The van der Waals surface area contributed by atoms with Gasteiger partial charge in [-0.05, 0) is 95.8 Å². The predicted molar refractivity (Wildman–Crippen MR) is 155 cm³/mol. The first kappa shape index (κ1) is 30.1. The molecule has 4 saturated carbocycles. The van der Waals surface area contributed by atoms with Gasteiger partial charge in [-0.2, -0.15) is 0 Å². The molecule has 10 atom stereocenters. The van der Waals surface area contributed by atoms with E-state index in [-0.39, 0.29) is 71.1 Å². The fourth-order valence-corrected chi connectivity index (χ4v) is 10.3. The Morgan fingerprint density at radius 1 is 1.02 bits per heavy atom. The number of carbonyl (C=O) groups excluding carboxylic acids is 3. The smallest absolute Gasteiger partial charge is 0.410 e. The molecule has 4 aliphatic carbocycles.